The van der Waals surface area contributed by atoms with Crippen molar-refractivity contribution < 1.29 is 9.47 Å². The van der Waals surface area contributed by atoms with E-state index >= 15 is 0 Å². The van der Waals surface area contributed by atoms with Gasteiger partial charge in [-0.2, -0.15) is 0 Å². The van der Waals surface area contributed by atoms with E-state index in [1.165, 1.54) is 45.2 Å². The van der Waals surface area contributed by atoms with Crippen LogP contribution in [0.4, 0.5) is 0 Å². The average molecular weight is 251 g/mol. The molecule has 2 fully saturated rings. The third-order valence-electron chi connectivity index (χ3n) is 4.38. The highest BCUT2D eigenvalue weighted by Gasteiger charge is 2.33. The fourth-order valence-corrected chi connectivity index (χ4v) is 3.31. The number of hydrogen-bond donors (Lipinski definition) is 0. The average Bonchev–Trinajstić information content (AvgIpc) is 2.89. The minimum absolute atomic E-state index is 0.0599. The molecule has 2 saturated heterocycles. The number of nitrogens with zero attached hydrogens (tertiary/aromatic N) is 1. The van der Waals surface area contributed by atoms with Crippen molar-refractivity contribution >= 4 is 0 Å². The lowest BCUT2D eigenvalue weighted by molar-refractivity contribution is -0.101. The quantitative estimate of drug-likeness (QED) is 0.720. The number of ether oxygens (including phenoxy) is 2. The summed E-state index contributed by atoms with van der Waals surface area (Å²) in [5.41, 5.74) is 0. The molecule has 102 valence electrons. The summed E-state index contributed by atoms with van der Waals surface area (Å²) >= 11 is 0. The van der Waals surface area contributed by atoms with Gasteiger partial charge in [0.05, 0.1) is 12.7 Å². The lowest BCUT2D eigenvalue weighted by atomic mass is 9.94. The summed E-state index contributed by atoms with van der Waals surface area (Å²) in [5, 5.41) is 0. The monoisotopic (exact) mass is 251 g/mol. The Morgan fingerprint density at radius 1 is 1.11 bits per heavy atom. The molecule has 3 rings (SSSR count). The molecule has 2 aliphatic heterocycles. The van der Waals surface area contributed by atoms with Gasteiger partial charge in [-0.25, -0.2) is 0 Å². The minimum atomic E-state index is 0.0599. The van der Waals surface area contributed by atoms with Gasteiger partial charge in [0, 0.05) is 12.5 Å². The first-order valence-electron chi connectivity index (χ1n) is 7.56. The van der Waals surface area contributed by atoms with E-state index in [0.717, 1.165) is 19.6 Å². The van der Waals surface area contributed by atoms with Crippen LogP contribution < -0.4 is 0 Å². The largest absolute Gasteiger partial charge is 0.350 e. The van der Waals surface area contributed by atoms with E-state index in [4.69, 9.17) is 9.47 Å². The molecule has 0 N–H and O–H groups in total. The molecule has 0 bridgehead atoms. The molecule has 3 heteroatoms. The molecule has 3 atom stereocenters. The van der Waals surface area contributed by atoms with Gasteiger partial charge in [-0.15, -0.1) is 0 Å². The van der Waals surface area contributed by atoms with E-state index in [-0.39, 0.29) is 6.29 Å². The van der Waals surface area contributed by atoms with Crippen LogP contribution in [0.25, 0.3) is 0 Å². The van der Waals surface area contributed by atoms with Gasteiger partial charge >= 0.3 is 0 Å². The van der Waals surface area contributed by atoms with Gasteiger partial charge in [0.1, 0.15) is 0 Å². The van der Waals surface area contributed by atoms with Crippen molar-refractivity contribution in [3.8, 4) is 0 Å². The van der Waals surface area contributed by atoms with Crippen LogP contribution >= 0.6 is 0 Å². The van der Waals surface area contributed by atoms with Crippen LogP contribution in [0.2, 0.25) is 0 Å². The van der Waals surface area contributed by atoms with E-state index in [9.17, 15) is 0 Å². The second-order valence-electron chi connectivity index (χ2n) is 5.87. The van der Waals surface area contributed by atoms with Crippen molar-refractivity contribution in [3.63, 3.8) is 0 Å². The summed E-state index contributed by atoms with van der Waals surface area (Å²) in [6.45, 7) is 4.35. The molecule has 0 aromatic carbocycles. The molecule has 3 unspecified atom stereocenters. The highest BCUT2D eigenvalue weighted by atomic mass is 16.7. The van der Waals surface area contributed by atoms with Gasteiger partial charge in [-0.1, -0.05) is 18.6 Å². The zero-order valence-electron chi connectivity index (χ0n) is 11.2. The molecule has 0 aromatic rings. The fourth-order valence-electron chi connectivity index (χ4n) is 3.31. The SMILES string of the molecule is C1=CCC(C2OCC(CN3CCCCC3)O2)CC1. The van der Waals surface area contributed by atoms with Crippen LogP contribution in [0.1, 0.15) is 38.5 Å². The Morgan fingerprint density at radius 3 is 2.78 bits per heavy atom. The van der Waals surface area contributed by atoms with Crippen LogP contribution in [0.3, 0.4) is 0 Å². The fraction of sp³-hybridized carbons (Fsp3) is 0.867. The molecule has 0 saturated carbocycles. The smallest absolute Gasteiger partial charge is 0.161 e. The highest BCUT2D eigenvalue weighted by Crippen LogP contribution is 2.29. The van der Waals surface area contributed by atoms with Crippen molar-refractivity contribution in [2.75, 3.05) is 26.2 Å². The molecule has 0 amide bonds. The van der Waals surface area contributed by atoms with E-state index in [1.807, 2.05) is 0 Å². The van der Waals surface area contributed by atoms with Gasteiger partial charge < -0.3 is 14.4 Å². The van der Waals surface area contributed by atoms with Gasteiger partial charge in [0.2, 0.25) is 0 Å². The van der Waals surface area contributed by atoms with Crippen molar-refractivity contribution in [2.24, 2.45) is 5.92 Å². The molecule has 3 aliphatic rings. The third kappa shape index (κ3) is 3.14. The molecule has 0 aromatic heterocycles. The molecule has 0 spiro atoms. The Kier molecular flexibility index (Phi) is 4.34. The van der Waals surface area contributed by atoms with Crippen molar-refractivity contribution in [1.29, 1.82) is 0 Å². The second kappa shape index (κ2) is 6.18. The molecule has 2 heterocycles. The maximum Gasteiger partial charge on any atom is 0.161 e. The molecule has 1 aliphatic carbocycles. The van der Waals surface area contributed by atoms with Crippen LogP contribution in [-0.4, -0.2) is 43.5 Å². The Bertz CT molecular complexity index is 286. The van der Waals surface area contributed by atoms with Gasteiger partial charge in [-0.05, 0) is 45.2 Å². The first-order chi connectivity index (χ1) is 8.92. The summed E-state index contributed by atoms with van der Waals surface area (Å²) in [4.78, 5) is 2.54. The van der Waals surface area contributed by atoms with Crippen molar-refractivity contribution in [1.82, 2.24) is 4.90 Å². The molecular formula is C15H25NO2. The maximum absolute atomic E-state index is 6.11. The second-order valence-corrected chi connectivity index (χ2v) is 5.87. The molecule has 0 radical (unpaired) electrons. The zero-order valence-corrected chi connectivity index (χ0v) is 11.2. The van der Waals surface area contributed by atoms with Crippen LogP contribution in [0.5, 0.6) is 0 Å². The van der Waals surface area contributed by atoms with Gasteiger partial charge in [0.25, 0.3) is 0 Å². The lowest BCUT2D eigenvalue weighted by Crippen LogP contribution is -2.37. The van der Waals surface area contributed by atoms with E-state index in [1.54, 1.807) is 0 Å². The molecule has 3 nitrogen and oxygen atoms in total. The first-order valence-corrected chi connectivity index (χ1v) is 7.56. The number of piperidine rings is 1. The summed E-state index contributed by atoms with van der Waals surface area (Å²) < 4.78 is 12.0. The molecule has 18 heavy (non-hydrogen) atoms. The Labute approximate surface area is 110 Å². The lowest BCUT2D eigenvalue weighted by Gasteiger charge is -2.29. The summed E-state index contributed by atoms with van der Waals surface area (Å²) in [5.74, 6) is 0.585. The van der Waals surface area contributed by atoms with Crippen molar-refractivity contribution in [2.45, 2.75) is 50.9 Å². The number of rotatable bonds is 3. The zero-order chi connectivity index (χ0) is 12.2. The van der Waals surface area contributed by atoms with Crippen LogP contribution in [0, 0.1) is 5.92 Å². The summed E-state index contributed by atoms with van der Waals surface area (Å²) in [6.07, 6.45) is 12.5. The van der Waals surface area contributed by atoms with Crippen LogP contribution in [0.15, 0.2) is 12.2 Å². The Balaban J connectivity index is 1.44. The predicted molar refractivity (Wildman–Crippen MR) is 71.4 cm³/mol. The maximum atomic E-state index is 6.11. The van der Waals surface area contributed by atoms with E-state index in [0.29, 0.717) is 12.0 Å². The number of hydrogen-bond acceptors (Lipinski definition) is 3. The van der Waals surface area contributed by atoms with E-state index < -0.39 is 0 Å². The minimum Gasteiger partial charge on any atom is -0.350 e. The molecular weight excluding hydrogens is 226 g/mol. The van der Waals surface area contributed by atoms with E-state index in [2.05, 4.69) is 17.1 Å². The van der Waals surface area contributed by atoms with Gasteiger partial charge in [-0.3, -0.25) is 0 Å². The van der Waals surface area contributed by atoms with Crippen molar-refractivity contribution in [3.05, 3.63) is 12.2 Å². The van der Waals surface area contributed by atoms with Crippen LogP contribution in [-0.2, 0) is 9.47 Å². The summed E-state index contributed by atoms with van der Waals surface area (Å²) in [6, 6.07) is 0. The van der Waals surface area contributed by atoms with Gasteiger partial charge in [0.15, 0.2) is 6.29 Å². The normalized spacial score (nSPS) is 38.1. The third-order valence-corrected chi connectivity index (χ3v) is 4.38. The predicted octanol–water partition coefficient (Wildman–Crippen LogP) is 2.57. The number of allylic oxidation sites excluding steroid dienone is 2. The standard InChI is InChI=1S/C15H25NO2/c1-3-7-13(8-4-1)15-17-12-14(18-15)11-16-9-5-2-6-10-16/h1,3,13-15H,2,4-12H2. The highest BCUT2D eigenvalue weighted by molar-refractivity contribution is 4.92. The topological polar surface area (TPSA) is 21.7 Å². The Morgan fingerprint density at radius 2 is 2.00 bits per heavy atom. The Hall–Kier alpha value is -0.380. The first kappa shape index (κ1) is 12.6. The number of likely N-dealkylation sites (tertiary alicyclic amines) is 1. The summed E-state index contributed by atoms with van der Waals surface area (Å²) in [7, 11) is 0.